The van der Waals surface area contributed by atoms with E-state index < -0.39 is 0 Å². The molecule has 0 radical (unpaired) electrons. The maximum Gasteiger partial charge on any atom is 0.146 e. The van der Waals surface area contributed by atoms with Crippen LogP contribution >= 0.6 is 0 Å². The highest BCUT2D eigenvalue weighted by molar-refractivity contribution is 5.62. The molecular weight excluding hydrogens is 753 g/mol. The average molecular weight is 817 g/mol. The molecule has 318 valence electrons. The van der Waals surface area contributed by atoms with Crippen molar-refractivity contribution in [1.82, 2.24) is 0 Å². The normalized spacial score (nSPS) is 13.2. The molecule has 6 nitrogen and oxygen atoms in total. The van der Waals surface area contributed by atoms with Crippen LogP contribution < -0.4 is 18.9 Å². The second-order valence-electron chi connectivity index (χ2n) is 20.8. The van der Waals surface area contributed by atoms with E-state index >= 15 is 0 Å². The van der Waals surface area contributed by atoms with E-state index in [0.29, 0.717) is 37.2 Å². The average Bonchev–Trinajstić information content (AvgIpc) is 3.16. The molecule has 0 spiro atoms. The molecule has 0 saturated carbocycles. The number of nitriles is 2. The highest BCUT2D eigenvalue weighted by Crippen LogP contribution is 2.45. The smallest absolute Gasteiger partial charge is 0.146 e. The van der Waals surface area contributed by atoms with E-state index in [2.05, 4.69) is 144 Å². The molecule has 0 N–H and O–H groups in total. The lowest BCUT2D eigenvalue weighted by Gasteiger charge is -2.29. The molecule has 0 amide bonds. The second-order valence-corrected chi connectivity index (χ2v) is 20.8. The molecular formula is C55H64N2O4. The van der Waals surface area contributed by atoms with Crippen molar-refractivity contribution in [1.29, 1.82) is 10.5 Å². The summed E-state index contributed by atoms with van der Waals surface area (Å²) in [4.78, 5) is 0. The lowest BCUT2D eigenvalue weighted by atomic mass is 9.79. The molecule has 6 heteroatoms. The van der Waals surface area contributed by atoms with E-state index in [1.165, 1.54) is 16.7 Å². The zero-order chi connectivity index (χ0) is 44.8. The number of rotatable bonds is 5. The van der Waals surface area contributed by atoms with Crippen molar-refractivity contribution in [3.63, 3.8) is 0 Å². The van der Waals surface area contributed by atoms with Gasteiger partial charge in [0.25, 0.3) is 0 Å². The lowest BCUT2D eigenvalue weighted by Crippen LogP contribution is -2.17. The Bertz CT molecular complexity index is 2450. The Morgan fingerprint density at radius 1 is 0.410 bits per heavy atom. The van der Waals surface area contributed by atoms with E-state index in [4.69, 9.17) is 18.9 Å². The van der Waals surface area contributed by atoms with Gasteiger partial charge in [-0.25, -0.2) is 0 Å². The van der Waals surface area contributed by atoms with Gasteiger partial charge in [-0.15, -0.1) is 0 Å². The molecule has 0 heterocycles. The fraction of sp³-hybridized carbons (Fsp3) is 0.418. The first-order chi connectivity index (χ1) is 28.5. The third-order valence-electron chi connectivity index (χ3n) is 12.0. The maximum absolute atomic E-state index is 10.4. The molecule has 6 rings (SSSR count). The van der Waals surface area contributed by atoms with Gasteiger partial charge in [0.05, 0.1) is 26.9 Å². The van der Waals surface area contributed by atoms with Crippen LogP contribution in [0.4, 0.5) is 0 Å². The summed E-state index contributed by atoms with van der Waals surface area (Å²) >= 11 is 0. The zero-order valence-corrected chi connectivity index (χ0v) is 39.2. The van der Waals surface area contributed by atoms with Crippen LogP contribution in [0.15, 0.2) is 66.7 Å². The summed E-state index contributed by atoms with van der Waals surface area (Å²) in [5, 5.41) is 20.4. The minimum Gasteiger partial charge on any atom is -0.496 e. The summed E-state index contributed by atoms with van der Waals surface area (Å²) in [5.41, 5.74) is 12.9. The summed E-state index contributed by atoms with van der Waals surface area (Å²) in [7, 11) is 5.31. The van der Waals surface area contributed by atoms with Gasteiger partial charge < -0.3 is 18.9 Å². The first kappa shape index (κ1) is 44.8. The third kappa shape index (κ3) is 9.30. The van der Waals surface area contributed by atoms with Gasteiger partial charge in [0.2, 0.25) is 0 Å². The Morgan fingerprint density at radius 3 is 0.918 bits per heavy atom. The SMILES string of the molecule is COc1c2cc(C(C)(C)C)cc1Cc1cc(C(C)(C)C)cc(c1OC)Cc1cc(C(C)(C)C)cc(c1Oc1cccc(C#N)c1C#N)Cc1cc(C(C)(C)C)cc(c1OC)C2. The van der Waals surface area contributed by atoms with Crippen LogP contribution in [0.5, 0.6) is 28.7 Å². The Balaban J connectivity index is 1.81. The van der Waals surface area contributed by atoms with E-state index in [9.17, 15) is 10.5 Å². The number of methoxy groups -OCH3 is 3. The predicted molar refractivity (Wildman–Crippen MR) is 247 cm³/mol. The largest absolute Gasteiger partial charge is 0.496 e. The van der Waals surface area contributed by atoms with Crippen molar-refractivity contribution in [2.75, 3.05) is 21.3 Å². The fourth-order valence-electron chi connectivity index (χ4n) is 8.47. The highest BCUT2D eigenvalue weighted by atomic mass is 16.5. The number of hydrogen-bond acceptors (Lipinski definition) is 6. The van der Waals surface area contributed by atoms with E-state index in [1.807, 2.05) is 0 Å². The number of fused-ring (bicyclic) bond motifs is 8. The van der Waals surface area contributed by atoms with Gasteiger partial charge in [0.15, 0.2) is 0 Å². The first-order valence-corrected chi connectivity index (χ1v) is 21.4. The van der Waals surface area contributed by atoms with Gasteiger partial charge in [-0.2, -0.15) is 10.5 Å². The molecule has 8 bridgehead atoms. The molecule has 5 aromatic rings. The van der Waals surface area contributed by atoms with Crippen LogP contribution in [0.25, 0.3) is 0 Å². The Labute approximate surface area is 365 Å². The summed E-state index contributed by atoms with van der Waals surface area (Å²) < 4.78 is 26.4. The van der Waals surface area contributed by atoms with Crippen LogP contribution in [-0.4, -0.2) is 21.3 Å². The lowest BCUT2D eigenvalue weighted by molar-refractivity contribution is 0.397. The van der Waals surface area contributed by atoms with Crippen molar-refractivity contribution in [3.05, 3.63) is 145 Å². The summed E-state index contributed by atoms with van der Waals surface area (Å²) in [5.74, 6) is 3.52. The molecule has 0 fully saturated rings. The highest BCUT2D eigenvalue weighted by Gasteiger charge is 2.29. The molecule has 0 unspecified atom stereocenters. The predicted octanol–water partition coefficient (Wildman–Crippen LogP) is 13.1. The molecule has 0 saturated heterocycles. The van der Waals surface area contributed by atoms with Crippen LogP contribution in [0.2, 0.25) is 0 Å². The molecule has 0 aliphatic heterocycles. The minimum absolute atomic E-state index is 0.121. The molecule has 0 atom stereocenters. The monoisotopic (exact) mass is 816 g/mol. The number of ether oxygens (including phenoxy) is 4. The molecule has 0 aromatic heterocycles. The van der Waals surface area contributed by atoms with Crippen molar-refractivity contribution in [3.8, 4) is 40.9 Å². The van der Waals surface area contributed by atoms with Gasteiger partial charge >= 0.3 is 0 Å². The number of benzene rings is 5. The maximum atomic E-state index is 10.4. The van der Waals surface area contributed by atoms with Gasteiger partial charge in [-0.05, 0) is 101 Å². The van der Waals surface area contributed by atoms with Crippen molar-refractivity contribution >= 4 is 0 Å². The van der Waals surface area contributed by atoms with Crippen molar-refractivity contribution in [2.45, 2.75) is 130 Å². The molecule has 5 aromatic carbocycles. The van der Waals surface area contributed by atoms with E-state index in [0.717, 1.165) is 67.3 Å². The van der Waals surface area contributed by atoms with Gasteiger partial charge in [0, 0.05) is 25.7 Å². The Kier molecular flexibility index (Phi) is 12.2. The van der Waals surface area contributed by atoms with Crippen LogP contribution in [-0.2, 0) is 47.3 Å². The quantitative estimate of drug-likeness (QED) is 0.172. The molecule has 1 aliphatic carbocycles. The fourth-order valence-corrected chi connectivity index (χ4v) is 8.47. The van der Waals surface area contributed by atoms with Gasteiger partial charge in [0.1, 0.15) is 46.4 Å². The Morgan fingerprint density at radius 2 is 0.689 bits per heavy atom. The number of hydrogen-bond donors (Lipinski definition) is 0. The van der Waals surface area contributed by atoms with Crippen LogP contribution in [0.1, 0.15) is 161 Å². The first-order valence-electron chi connectivity index (χ1n) is 21.4. The second kappa shape index (κ2) is 16.6. The minimum atomic E-state index is -0.212. The van der Waals surface area contributed by atoms with Crippen molar-refractivity contribution < 1.29 is 18.9 Å². The topological polar surface area (TPSA) is 84.5 Å². The summed E-state index contributed by atoms with van der Waals surface area (Å²) in [6, 6.07) is 28.0. The third-order valence-corrected chi connectivity index (χ3v) is 12.0. The zero-order valence-electron chi connectivity index (χ0n) is 39.2. The van der Waals surface area contributed by atoms with Crippen molar-refractivity contribution in [2.24, 2.45) is 0 Å². The van der Waals surface area contributed by atoms with Gasteiger partial charge in [-0.3, -0.25) is 0 Å². The molecule has 61 heavy (non-hydrogen) atoms. The number of nitrogens with zero attached hydrogens (tertiary/aromatic N) is 2. The summed E-state index contributed by atoms with van der Waals surface area (Å²) in [6.45, 7) is 27.0. The Hall–Kier alpha value is -5.72. The van der Waals surface area contributed by atoms with E-state index in [-0.39, 0.29) is 32.8 Å². The standard InChI is InChI=1S/C55H64N2O4/c1-52(2,3)42-23-34-19-36-25-43(53(4,5)6)27-38(49(36)59-14)21-40-29-45(55(10,11)12)30-41(51(40)61-47-18-16-17-33(31-56)46(47)32-57)22-39-28-44(54(7,8)9)26-37(50(39)60-15)20-35(24-42)48(34)58-13/h16-18,23-30H,19-22H2,1-15H3. The van der Waals surface area contributed by atoms with Crippen LogP contribution in [0, 0.1) is 22.7 Å². The van der Waals surface area contributed by atoms with E-state index in [1.54, 1.807) is 39.5 Å². The summed E-state index contributed by atoms with van der Waals surface area (Å²) in [6.07, 6.45) is 2.16. The molecule has 1 aliphatic rings. The van der Waals surface area contributed by atoms with Crippen LogP contribution in [0.3, 0.4) is 0 Å². The van der Waals surface area contributed by atoms with Gasteiger partial charge in [-0.1, -0.05) is 138 Å².